The number of aromatic amines is 2. The maximum absolute atomic E-state index is 5.58. The minimum atomic E-state index is 0.171. The lowest BCUT2D eigenvalue weighted by Crippen LogP contribution is -2.06. The van der Waals surface area contributed by atoms with E-state index in [1.165, 1.54) is 6.33 Å². The van der Waals surface area contributed by atoms with Gasteiger partial charge in [0.15, 0.2) is 11.5 Å². The Hall–Kier alpha value is -2.71. The predicted molar refractivity (Wildman–Crippen MR) is 59.8 cm³/mol. The van der Waals surface area contributed by atoms with Gasteiger partial charge in [-0.2, -0.15) is 15.1 Å². The fourth-order valence-corrected chi connectivity index (χ4v) is 1.46. The van der Waals surface area contributed by atoms with Gasteiger partial charge in [0.25, 0.3) is 0 Å². The number of hydrogen-bond donors (Lipinski definition) is 4. The van der Waals surface area contributed by atoms with Gasteiger partial charge in [-0.3, -0.25) is 5.10 Å². The summed E-state index contributed by atoms with van der Waals surface area (Å²) in [5.74, 6) is 1.46. The van der Waals surface area contributed by atoms with Crippen LogP contribution < -0.4 is 11.1 Å². The van der Waals surface area contributed by atoms with Crippen LogP contribution in [0.25, 0.3) is 11.2 Å². The normalized spacial score (nSPS) is 10.8. The summed E-state index contributed by atoms with van der Waals surface area (Å²) in [4.78, 5) is 19.0. The molecule has 0 saturated carbocycles. The molecule has 3 aromatic heterocycles. The van der Waals surface area contributed by atoms with Crippen molar-refractivity contribution in [3.05, 3.63) is 18.5 Å². The zero-order valence-corrected chi connectivity index (χ0v) is 8.68. The molecule has 0 saturated heterocycles. The average molecular weight is 231 g/mol. The largest absolute Gasteiger partial charge is 0.368 e. The fraction of sp³-hybridized carbons (Fsp3) is 0.125. The molecule has 0 radical (unpaired) electrons. The van der Waals surface area contributed by atoms with Gasteiger partial charge in [-0.1, -0.05) is 0 Å². The summed E-state index contributed by atoms with van der Waals surface area (Å²) in [6.45, 7) is 0.463. The number of anilines is 2. The Kier molecular flexibility index (Phi) is 2.07. The van der Waals surface area contributed by atoms with Gasteiger partial charge in [0.05, 0.1) is 12.9 Å². The highest BCUT2D eigenvalue weighted by atomic mass is 15.2. The summed E-state index contributed by atoms with van der Waals surface area (Å²) in [5.41, 5.74) is 6.81. The van der Waals surface area contributed by atoms with Crippen molar-refractivity contribution >= 4 is 22.9 Å². The van der Waals surface area contributed by atoms with Crippen molar-refractivity contribution in [2.24, 2.45) is 0 Å². The van der Waals surface area contributed by atoms with Gasteiger partial charge < -0.3 is 16.0 Å². The van der Waals surface area contributed by atoms with E-state index >= 15 is 0 Å². The van der Waals surface area contributed by atoms with Gasteiger partial charge in [0, 0.05) is 0 Å². The van der Waals surface area contributed by atoms with Gasteiger partial charge in [-0.05, 0) is 0 Å². The summed E-state index contributed by atoms with van der Waals surface area (Å²) < 4.78 is 0. The van der Waals surface area contributed by atoms with Crippen LogP contribution in [-0.4, -0.2) is 35.1 Å². The molecule has 3 rings (SSSR count). The SMILES string of the molecule is Nc1nc(NCc2ncn[nH]2)c2[nH]cnc2n1. The first-order valence-electron chi connectivity index (χ1n) is 4.87. The molecule has 0 fully saturated rings. The number of nitrogens with zero attached hydrogens (tertiary/aromatic N) is 5. The molecule has 0 aliphatic rings. The summed E-state index contributed by atoms with van der Waals surface area (Å²) in [7, 11) is 0. The van der Waals surface area contributed by atoms with Crippen molar-refractivity contribution in [1.82, 2.24) is 35.1 Å². The number of aromatic nitrogens is 7. The maximum atomic E-state index is 5.58. The third-order valence-electron chi connectivity index (χ3n) is 2.19. The maximum Gasteiger partial charge on any atom is 0.224 e. The standard InChI is InChI=1S/C8H9N9/c9-8-15-6(5-7(16-8)13-2-12-5)10-1-4-11-3-14-17-4/h2-3H,1H2,(H,11,14,17)(H4,9,10,12,13,15,16). The fourth-order valence-electron chi connectivity index (χ4n) is 1.46. The van der Waals surface area contributed by atoms with Crippen LogP contribution in [0, 0.1) is 0 Å². The molecule has 9 nitrogen and oxygen atoms in total. The highest BCUT2D eigenvalue weighted by Crippen LogP contribution is 2.17. The molecule has 0 aliphatic carbocycles. The first kappa shape index (κ1) is 9.51. The Morgan fingerprint density at radius 2 is 2.24 bits per heavy atom. The third-order valence-corrected chi connectivity index (χ3v) is 2.19. The second-order valence-electron chi connectivity index (χ2n) is 3.32. The number of hydrogen-bond acceptors (Lipinski definition) is 7. The first-order chi connectivity index (χ1) is 8.33. The van der Waals surface area contributed by atoms with Crippen LogP contribution in [0.2, 0.25) is 0 Å². The second kappa shape index (κ2) is 3.70. The molecule has 0 amide bonds. The van der Waals surface area contributed by atoms with Crippen LogP contribution in [0.3, 0.4) is 0 Å². The van der Waals surface area contributed by atoms with E-state index in [9.17, 15) is 0 Å². The van der Waals surface area contributed by atoms with Gasteiger partial charge in [0.1, 0.15) is 17.7 Å². The zero-order valence-electron chi connectivity index (χ0n) is 8.68. The molecule has 0 atom stereocenters. The molecule has 3 aromatic rings. The van der Waals surface area contributed by atoms with Gasteiger partial charge in [-0.25, -0.2) is 9.97 Å². The highest BCUT2D eigenvalue weighted by Gasteiger charge is 2.08. The van der Waals surface area contributed by atoms with Crippen molar-refractivity contribution in [1.29, 1.82) is 0 Å². The van der Waals surface area contributed by atoms with Gasteiger partial charge in [-0.15, -0.1) is 0 Å². The summed E-state index contributed by atoms with van der Waals surface area (Å²) >= 11 is 0. The zero-order chi connectivity index (χ0) is 11.7. The second-order valence-corrected chi connectivity index (χ2v) is 3.32. The number of rotatable bonds is 3. The molecule has 0 aliphatic heterocycles. The molecule has 0 unspecified atom stereocenters. The molecular formula is C8H9N9. The third kappa shape index (κ3) is 1.73. The quantitative estimate of drug-likeness (QED) is 0.484. The summed E-state index contributed by atoms with van der Waals surface area (Å²) in [6.07, 6.45) is 2.98. The Balaban J connectivity index is 1.91. The monoisotopic (exact) mass is 231 g/mol. The lowest BCUT2D eigenvalue weighted by atomic mass is 10.4. The van der Waals surface area contributed by atoms with E-state index in [1.54, 1.807) is 6.33 Å². The van der Waals surface area contributed by atoms with Gasteiger partial charge >= 0.3 is 0 Å². The number of nitrogen functional groups attached to an aromatic ring is 1. The molecule has 3 heterocycles. The average Bonchev–Trinajstić information content (AvgIpc) is 2.95. The molecule has 5 N–H and O–H groups in total. The molecular weight excluding hydrogens is 222 g/mol. The van der Waals surface area contributed by atoms with Crippen LogP contribution in [0.1, 0.15) is 5.82 Å². The van der Waals surface area contributed by atoms with E-state index in [1.807, 2.05) is 0 Å². The lowest BCUT2D eigenvalue weighted by molar-refractivity contribution is 0.948. The lowest BCUT2D eigenvalue weighted by Gasteiger charge is -2.04. The van der Waals surface area contributed by atoms with Crippen LogP contribution >= 0.6 is 0 Å². The number of imidazole rings is 1. The number of nitrogens with one attached hydrogen (secondary N) is 3. The van der Waals surface area contributed by atoms with Crippen LogP contribution in [0.5, 0.6) is 0 Å². The van der Waals surface area contributed by atoms with E-state index in [-0.39, 0.29) is 5.95 Å². The van der Waals surface area contributed by atoms with Crippen molar-refractivity contribution in [3.8, 4) is 0 Å². The van der Waals surface area contributed by atoms with E-state index in [0.717, 1.165) is 0 Å². The molecule has 0 aromatic carbocycles. The molecule has 9 heteroatoms. The van der Waals surface area contributed by atoms with Crippen LogP contribution in [0.4, 0.5) is 11.8 Å². The first-order valence-corrected chi connectivity index (χ1v) is 4.87. The minimum Gasteiger partial charge on any atom is -0.368 e. The summed E-state index contributed by atoms with van der Waals surface area (Å²) in [6, 6.07) is 0. The van der Waals surface area contributed by atoms with Crippen molar-refractivity contribution in [3.63, 3.8) is 0 Å². The Morgan fingerprint density at radius 3 is 3.06 bits per heavy atom. The van der Waals surface area contributed by atoms with Gasteiger partial charge in [0.2, 0.25) is 5.95 Å². The number of H-pyrrole nitrogens is 2. The molecule has 0 spiro atoms. The Bertz CT molecular complexity index is 626. The van der Waals surface area contributed by atoms with E-state index < -0.39 is 0 Å². The van der Waals surface area contributed by atoms with Crippen LogP contribution in [0.15, 0.2) is 12.7 Å². The van der Waals surface area contributed by atoms with E-state index in [2.05, 4.69) is 40.4 Å². The molecule has 17 heavy (non-hydrogen) atoms. The van der Waals surface area contributed by atoms with Crippen molar-refractivity contribution < 1.29 is 0 Å². The minimum absolute atomic E-state index is 0.171. The number of nitrogens with two attached hydrogens (primary N) is 1. The summed E-state index contributed by atoms with van der Waals surface area (Å²) in [5, 5.41) is 9.57. The Morgan fingerprint density at radius 1 is 1.29 bits per heavy atom. The van der Waals surface area contributed by atoms with Crippen LogP contribution in [-0.2, 0) is 6.54 Å². The molecule has 0 bridgehead atoms. The Labute approximate surface area is 94.9 Å². The molecule has 86 valence electrons. The predicted octanol–water partition coefficient (Wildman–Crippen LogP) is -0.335. The van der Waals surface area contributed by atoms with Crippen molar-refractivity contribution in [2.75, 3.05) is 11.1 Å². The number of fused-ring (bicyclic) bond motifs is 1. The highest BCUT2D eigenvalue weighted by molar-refractivity contribution is 5.83. The topological polar surface area (TPSA) is 134 Å². The smallest absolute Gasteiger partial charge is 0.224 e. The van der Waals surface area contributed by atoms with E-state index in [0.29, 0.717) is 29.4 Å². The van der Waals surface area contributed by atoms with E-state index in [4.69, 9.17) is 5.73 Å². The van der Waals surface area contributed by atoms with Crippen molar-refractivity contribution in [2.45, 2.75) is 6.54 Å².